The number of carbonyl (C=O) groups is 1. The van der Waals surface area contributed by atoms with Crippen LogP contribution in [0.1, 0.15) is 13.8 Å². The highest BCUT2D eigenvalue weighted by molar-refractivity contribution is 7.99. The van der Waals surface area contributed by atoms with Crippen molar-refractivity contribution in [3.05, 3.63) is 53.8 Å². The van der Waals surface area contributed by atoms with Gasteiger partial charge in [0.15, 0.2) is 24.0 Å². The monoisotopic (exact) mass is 381 g/mol. The van der Waals surface area contributed by atoms with Gasteiger partial charge in [-0.2, -0.15) is 0 Å². The molecule has 8 heteroatoms. The number of thioether (sulfide) groups is 1. The maximum Gasteiger partial charge on any atom is 0.272 e. The smallest absolute Gasteiger partial charge is 0.272 e. The van der Waals surface area contributed by atoms with E-state index in [1.807, 2.05) is 19.9 Å². The van der Waals surface area contributed by atoms with Crippen LogP contribution >= 0.6 is 11.8 Å². The number of nitrogens with zero attached hydrogens (tertiary/aromatic N) is 1. The molecule has 0 spiro atoms. The van der Waals surface area contributed by atoms with Crippen molar-refractivity contribution in [2.24, 2.45) is 5.73 Å². The number of primary amides is 1. The molecule has 0 saturated heterocycles. The zero-order valence-corrected chi connectivity index (χ0v) is 15.1. The first-order valence-electron chi connectivity index (χ1n) is 7.73. The number of rotatable bonds is 7. The van der Waals surface area contributed by atoms with Gasteiger partial charge in [0.1, 0.15) is 0 Å². The van der Waals surface area contributed by atoms with Gasteiger partial charge in [-0.15, -0.1) is 11.8 Å². The number of halogens is 2. The summed E-state index contributed by atoms with van der Waals surface area (Å²) in [4.78, 5) is 15.1. The fourth-order valence-electron chi connectivity index (χ4n) is 2.09. The van der Waals surface area contributed by atoms with Gasteiger partial charge in [0.2, 0.25) is 5.91 Å². The molecular formula is C18H19F2N2O3S+. The van der Waals surface area contributed by atoms with Crippen molar-refractivity contribution in [2.45, 2.75) is 24.1 Å². The average Bonchev–Trinajstić information content (AvgIpc) is 2.52. The van der Waals surface area contributed by atoms with Crippen molar-refractivity contribution in [3.63, 3.8) is 0 Å². The van der Waals surface area contributed by atoms with Crippen LogP contribution in [-0.4, -0.2) is 27.9 Å². The van der Waals surface area contributed by atoms with Crippen molar-refractivity contribution in [2.75, 3.05) is 6.61 Å². The number of pyridine rings is 1. The Morgan fingerprint density at radius 3 is 2.58 bits per heavy atom. The fourth-order valence-corrected chi connectivity index (χ4v) is 2.88. The van der Waals surface area contributed by atoms with E-state index in [1.54, 1.807) is 23.9 Å². The number of aromatic nitrogens is 1. The van der Waals surface area contributed by atoms with Crippen molar-refractivity contribution in [1.29, 1.82) is 0 Å². The average molecular weight is 381 g/mol. The molecule has 138 valence electrons. The first-order valence-corrected chi connectivity index (χ1v) is 8.61. The third kappa shape index (κ3) is 5.45. The normalized spacial score (nSPS) is 11.7. The van der Waals surface area contributed by atoms with Gasteiger partial charge in [0.05, 0.1) is 16.8 Å². The van der Waals surface area contributed by atoms with Gasteiger partial charge in [-0.05, 0) is 24.3 Å². The Bertz CT molecular complexity index is 818. The third-order valence-corrected chi connectivity index (χ3v) is 4.00. The lowest BCUT2D eigenvalue weighted by molar-refractivity contribution is -0.113. The Morgan fingerprint density at radius 1 is 1.35 bits per heavy atom. The van der Waals surface area contributed by atoms with E-state index in [2.05, 4.69) is 4.98 Å². The van der Waals surface area contributed by atoms with Crippen molar-refractivity contribution in [1.82, 2.24) is 4.98 Å². The maximum absolute atomic E-state index is 14.2. The molecule has 2 rings (SSSR count). The number of hydrogen-bond donors (Lipinski definition) is 1. The molecule has 2 aromatic rings. The first-order chi connectivity index (χ1) is 12.3. The molecule has 0 bridgehead atoms. The van der Waals surface area contributed by atoms with E-state index in [-0.39, 0.29) is 11.3 Å². The van der Waals surface area contributed by atoms with Crippen LogP contribution in [0.25, 0.3) is 11.3 Å². The van der Waals surface area contributed by atoms with Crippen LogP contribution in [-0.2, 0) is 4.79 Å². The molecular weight excluding hydrogens is 362 g/mol. The fraction of sp³-hybridized carbons (Fsp3) is 0.222. The number of carbonyl (C=O) groups excluding carboxylic acids is 1. The van der Waals surface area contributed by atoms with Crippen LogP contribution in [0.4, 0.5) is 8.78 Å². The predicted octanol–water partition coefficient (Wildman–Crippen LogP) is 3.00. The standard InChI is InChI=1S/C18H18F2N2O3S/c1-10(2)26-17-5-3-4-15(22-17)11-6-13(19)18(14(20)7-11)25-9-12(23)8-16(21)24/h3-8,10,23H,9H2,1-2H3,(H2,21,24)/p+1/b12-8-. The molecule has 1 amide bonds. The summed E-state index contributed by atoms with van der Waals surface area (Å²) in [5.41, 5.74) is 5.62. The summed E-state index contributed by atoms with van der Waals surface area (Å²) >= 11 is 1.55. The quantitative estimate of drug-likeness (QED) is 0.346. The summed E-state index contributed by atoms with van der Waals surface area (Å²) < 4.78 is 33.5. The Labute approximate surface area is 153 Å². The van der Waals surface area contributed by atoms with Crippen molar-refractivity contribution < 1.29 is 23.4 Å². The van der Waals surface area contributed by atoms with E-state index >= 15 is 0 Å². The predicted molar refractivity (Wildman–Crippen MR) is 97.0 cm³/mol. The lowest BCUT2D eigenvalue weighted by atomic mass is 10.1. The number of amides is 1. The highest BCUT2D eigenvalue weighted by Crippen LogP contribution is 2.30. The molecule has 26 heavy (non-hydrogen) atoms. The van der Waals surface area contributed by atoms with Crippen LogP contribution in [0.3, 0.4) is 0 Å². The Morgan fingerprint density at radius 2 is 2.00 bits per heavy atom. The van der Waals surface area contributed by atoms with Crippen LogP contribution in [0.2, 0.25) is 0 Å². The van der Waals surface area contributed by atoms with Crippen molar-refractivity contribution in [3.8, 4) is 17.0 Å². The second-order valence-corrected chi connectivity index (χ2v) is 7.25. The summed E-state index contributed by atoms with van der Waals surface area (Å²) in [6.45, 7) is 3.57. The minimum absolute atomic E-state index is 0.275. The molecule has 1 aromatic carbocycles. The number of nitrogens with two attached hydrogens (primary N) is 1. The van der Waals surface area contributed by atoms with Crippen LogP contribution in [0, 0.1) is 11.6 Å². The molecule has 5 nitrogen and oxygen atoms in total. The van der Waals surface area contributed by atoms with E-state index in [0.29, 0.717) is 10.9 Å². The maximum atomic E-state index is 14.2. The zero-order chi connectivity index (χ0) is 19.3. The summed E-state index contributed by atoms with van der Waals surface area (Å²) in [5.74, 6) is -3.59. The minimum Gasteiger partial charge on any atom is -0.594 e. The zero-order valence-electron chi connectivity index (χ0n) is 14.3. The first kappa shape index (κ1) is 19.7. The van der Waals surface area contributed by atoms with E-state index in [1.165, 1.54) is 0 Å². The van der Waals surface area contributed by atoms with Gasteiger partial charge < -0.3 is 15.6 Å². The summed E-state index contributed by atoms with van der Waals surface area (Å²) in [6, 6.07) is 7.50. The van der Waals surface area contributed by atoms with E-state index < -0.39 is 29.9 Å². The molecule has 1 aromatic heterocycles. The number of ether oxygens (including phenoxy) is 1. The van der Waals surface area contributed by atoms with E-state index in [4.69, 9.17) is 15.6 Å². The highest BCUT2D eigenvalue weighted by Gasteiger charge is 2.16. The second-order valence-electron chi connectivity index (χ2n) is 5.66. The molecule has 0 fully saturated rings. The second kappa shape index (κ2) is 8.66. The summed E-state index contributed by atoms with van der Waals surface area (Å²) in [5, 5.41) is 8.51. The molecule has 0 radical (unpaired) electrons. The summed E-state index contributed by atoms with van der Waals surface area (Å²) in [6.07, 6.45) is 0.811. The molecule has 0 aliphatic carbocycles. The van der Waals surface area contributed by atoms with Gasteiger partial charge in [0, 0.05) is 10.8 Å². The van der Waals surface area contributed by atoms with Gasteiger partial charge >= 0.3 is 0 Å². The summed E-state index contributed by atoms with van der Waals surface area (Å²) in [7, 11) is 0. The number of benzene rings is 1. The minimum atomic E-state index is -0.921. The number of hydrogen-bond acceptors (Lipinski definition) is 4. The SMILES string of the molecule is CC(C)Sc1cccc(-c2cc(F)c(OC/C([OH2+])=C/C(N)=O)c(F)c2)n1. The molecule has 0 unspecified atom stereocenters. The lowest BCUT2D eigenvalue weighted by Gasteiger charge is -2.10. The third-order valence-electron chi connectivity index (χ3n) is 3.06. The molecule has 4 N–H and O–H groups in total. The van der Waals surface area contributed by atoms with E-state index in [0.717, 1.165) is 23.2 Å². The topological polar surface area (TPSA) is 88.1 Å². The highest BCUT2D eigenvalue weighted by atomic mass is 32.2. The lowest BCUT2D eigenvalue weighted by Crippen LogP contribution is -2.11. The van der Waals surface area contributed by atoms with E-state index in [9.17, 15) is 13.6 Å². The van der Waals surface area contributed by atoms with Crippen molar-refractivity contribution >= 4 is 17.7 Å². The Hall–Kier alpha value is -2.61. The molecule has 0 aliphatic rings. The van der Waals surface area contributed by atoms with Gasteiger partial charge in [-0.3, -0.25) is 4.79 Å². The van der Waals surface area contributed by atoms with Crippen LogP contribution in [0.15, 0.2) is 47.2 Å². The van der Waals surface area contributed by atoms with Gasteiger partial charge in [-0.1, -0.05) is 19.9 Å². The Kier molecular flexibility index (Phi) is 6.57. The largest absolute Gasteiger partial charge is 0.594 e. The molecule has 0 atom stereocenters. The van der Waals surface area contributed by atoms with Crippen LogP contribution in [0.5, 0.6) is 5.75 Å². The molecule has 0 aliphatic heterocycles. The molecule has 0 saturated carbocycles. The van der Waals surface area contributed by atoms with Gasteiger partial charge in [0.25, 0.3) is 5.76 Å². The van der Waals surface area contributed by atoms with Crippen LogP contribution < -0.4 is 10.5 Å². The van der Waals surface area contributed by atoms with Gasteiger partial charge in [-0.25, -0.2) is 13.8 Å². The molecule has 1 heterocycles. The Balaban J connectivity index is 2.25.